The number of rotatable bonds is 6. The van der Waals surface area contributed by atoms with Gasteiger partial charge in [0.2, 0.25) is 10.0 Å². The third-order valence-electron chi connectivity index (χ3n) is 4.83. The van der Waals surface area contributed by atoms with Gasteiger partial charge in [0, 0.05) is 13.1 Å². The van der Waals surface area contributed by atoms with Crippen molar-refractivity contribution in [3.8, 4) is 0 Å². The first-order chi connectivity index (χ1) is 14.3. The van der Waals surface area contributed by atoms with Crippen molar-refractivity contribution in [2.24, 2.45) is 0 Å². The average molecular weight is 434 g/mol. The SMILES string of the molecule is C[C@@H](OC(=O)c1ccc(S(=O)(=O)N2CCCCC2)cc1)C(=O)Nc1ccccc1F. The number of para-hydroxylation sites is 1. The topological polar surface area (TPSA) is 92.8 Å². The number of esters is 1. The number of piperidine rings is 1. The fourth-order valence-corrected chi connectivity index (χ4v) is 4.61. The Bertz CT molecular complexity index is 1020. The Morgan fingerprint density at radius 3 is 2.30 bits per heavy atom. The van der Waals surface area contributed by atoms with Gasteiger partial charge >= 0.3 is 5.97 Å². The number of carbonyl (C=O) groups excluding carboxylic acids is 2. The summed E-state index contributed by atoms with van der Waals surface area (Å²) in [6.07, 6.45) is 1.50. The molecule has 1 heterocycles. The van der Waals surface area contributed by atoms with Gasteiger partial charge in [-0.3, -0.25) is 4.79 Å². The van der Waals surface area contributed by atoms with E-state index in [2.05, 4.69) is 5.32 Å². The van der Waals surface area contributed by atoms with Crippen LogP contribution in [0.3, 0.4) is 0 Å². The molecule has 7 nitrogen and oxygen atoms in total. The average Bonchev–Trinajstić information content (AvgIpc) is 2.76. The minimum atomic E-state index is -3.60. The monoisotopic (exact) mass is 434 g/mol. The summed E-state index contributed by atoms with van der Waals surface area (Å²) in [7, 11) is -3.60. The Morgan fingerprint density at radius 2 is 1.67 bits per heavy atom. The first-order valence-electron chi connectivity index (χ1n) is 9.65. The van der Waals surface area contributed by atoms with Crippen molar-refractivity contribution in [2.75, 3.05) is 18.4 Å². The standard InChI is InChI=1S/C21H23FN2O5S/c1-15(20(25)23-19-8-4-3-7-18(19)22)29-21(26)16-9-11-17(12-10-16)30(27,28)24-13-5-2-6-14-24/h3-4,7-12,15H,2,5-6,13-14H2,1H3,(H,23,25)/t15-/m1/s1. The van der Waals surface area contributed by atoms with Gasteiger partial charge in [0.05, 0.1) is 16.1 Å². The van der Waals surface area contributed by atoms with Crippen LogP contribution in [0.5, 0.6) is 0 Å². The van der Waals surface area contributed by atoms with E-state index in [0.717, 1.165) is 19.3 Å². The molecule has 1 amide bonds. The van der Waals surface area contributed by atoms with Crippen LogP contribution in [0.15, 0.2) is 53.4 Å². The highest BCUT2D eigenvalue weighted by Gasteiger charge is 2.26. The van der Waals surface area contributed by atoms with E-state index in [9.17, 15) is 22.4 Å². The molecular weight excluding hydrogens is 411 g/mol. The molecule has 0 unspecified atom stereocenters. The van der Waals surface area contributed by atoms with Gasteiger partial charge in [-0.05, 0) is 56.2 Å². The number of benzene rings is 2. The number of anilines is 1. The van der Waals surface area contributed by atoms with Crippen LogP contribution in [0.2, 0.25) is 0 Å². The number of hydrogen-bond acceptors (Lipinski definition) is 5. The van der Waals surface area contributed by atoms with E-state index in [1.807, 2.05) is 0 Å². The molecule has 0 radical (unpaired) electrons. The number of amides is 1. The van der Waals surface area contributed by atoms with Crippen molar-refractivity contribution in [1.29, 1.82) is 0 Å². The molecule has 0 aromatic heterocycles. The van der Waals surface area contributed by atoms with Gasteiger partial charge in [0.15, 0.2) is 6.10 Å². The minimum Gasteiger partial charge on any atom is -0.449 e. The maximum atomic E-state index is 13.6. The van der Waals surface area contributed by atoms with Crippen molar-refractivity contribution in [1.82, 2.24) is 4.31 Å². The van der Waals surface area contributed by atoms with Crippen LogP contribution in [0.25, 0.3) is 0 Å². The normalized spacial score (nSPS) is 15.9. The van der Waals surface area contributed by atoms with E-state index in [-0.39, 0.29) is 16.1 Å². The number of nitrogens with zero attached hydrogens (tertiary/aromatic N) is 1. The third kappa shape index (κ3) is 5.03. The zero-order valence-electron chi connectivity index (χ0n) is 16.5. The number of sulfonamides is 1. The van der Waals surface area contributed by atoms with Gasteiger partial charge in [0.25, 0.3) is 5.91 Å². The molecule has 0 spiro atoms. The lowest BCUT2D eigenvalue weighted by molar-refractivity contribution is -0.123. The van der Waals surface area contributed by atoms with Crippen molar-refractivity contribution in [3.63, 3.8) is 0 Å². The van der Waals surface area contributed by atoms with Crippen LogP contribution in [0.1, 0.15) is 36.5 Å². The smallest absolute Gasteiger partial charge is 0.338 e. The largest absolute Gasteiger partial charge is 0.449 e. The summed E-state index contributed by atoms with van der Waals surface area (Å²) in [5, 5.41) is 2.36. The zero-order chi connectivity index (χ0) is 21.7. The molecule has 1 aliphatic heterocycles. The fourth-order valence-electron chi connectivity index (χ4n) is 3.10. The first-order valence-corrected chi connectivity index (χ1v) is 11.1. The number of hydrogen-bond donors (Lipinski definition) is 1. The maximum Gasteiger partial charge on any atom is 0.338 e. The van der Waals surface area contributed by atoms with Gasteiger partial charge in [-0.1, -0.05) is 18.6 Å². The molecular formula is C21H23FN2O5S. The molecule has 3 rings (SSSR count). The Morgan fingerprint density at radius 1 is 1.03 bits per heavy atom. The lowest BCUT2D eigenvalue weighted by Gasteiger charge is -2.25. The van der Waals surface area contributed by atoms with Crippen molar-refractivity contribution in [2.45, 2.75) is 37.2 Å². The van der Waals surface area contributed by atoms with E-state index < -0.39 is 33.8 Å². The van der Waals surface area contributed by atoms with Crippen LogP contribution in [-0.4, -0.2) is 43.8 Å². The zero-order valence-corrected chi connectivity index (χ0v) is 17.3. The predicted molar refractivity (Wildman–Crippen MR) is 109 cm³/mol. The Labute approximate surface area is 174 Å². The Kier molecular flexibility index (Phi) is 6.84. The lowest BCUT2D eigenvalue weighted by atomic mass is 10.2. The Balaban J connectivity index is 1.62. The number of ether oxygens (including phenoxy) is 1. The molecule has 30 heavy (non-hydrogen) atoms. The summed E-state index contributed by atoms with van der Waals surface area (Å²) >= 11 is 0. The highest BCUT2D eigenvalue weighted by atomic mass is 32.2. The van der Waals surface area contributed by atoms with Crippen molar-refractivity contribution in [3.05, 3.63) is 59.9 Å². The van der Waals surface area contributed by atoms with E-state index in [4.69, 9.17) is 4.74 Å². The molecule has 1 N–H and O–H groups in total. The molecule has 1 atom stereocenters. The van der Waals surface area contributed by atoms with E-state index >= 15 is 0 Å². The molecule has 1 fully saturated rings. The predicted octanol–water partition coefficient (Wildman–Crippen LogP) is 3.18. The van der Waals surface area contributed by atoms with Crippen LogP contribution < -0.4 is 5.32 Å². The molecule has 0 aliphatic carbocycles. The number of carbonyl (C=O) groups is 2. The second-order valence-corrected chi connectivity index (χ2v) is 8.94. The summed E-state index contributed by atoms with van der Waals surface area (Å²) in [5.74, 6) is -2.07. The van der Waals surface area contributed by atoms with Crippen LogP contribution in [0, 0.1) is 5.82 Å². The second-order valence-electron chi connectivity index (χ2n) is 7.01. The van der Waals surface area contributed by atoms with Crippen LogP contribution >= 0.6 is 0 Å². The van der Waals surface area contributed by atoms with Crippen LogP contribution in [-0.2, 0) is 19.6 Å². The molecule has 1 aliphatic rings. The number of nitrogens with one attached hydrogen (secondary N) is 1. The summed E-state index contributed by atoms with van der Waals surface area (Å²) in [4.78, 5) is 24.6. The van der Waals surface area contributed by atoms with E-state index in [1.54, 1.807) is 6.07 Å². The second kappa shape index (κ2) is 9.36. The summed E-state index contributed by atoms with van der Waals surface area (Å²) in [6, 6.07) is 11.0. The number of halogens is 1. The quantitative estimate of drug-likeness (QED) is 0.705. The minimum absolute atomic E-state index is 0.0160. The maximum absolute atomic E-state index is 13.6. The van der Waals surface area contributed by atoms with Gasteiger partial charge in [0.1, 0.15) is 5.82 Å². The highest BCUT2D eigenvalue weighted by Crippen LogP contribution is 2.21. The molecule has 2 aromatic rings. The van der Waals surface area contributed by atoms with Gasteiger partial charge in [-0.15, -0.1) is 0 Å². The van der Waals surface area contributed by atoms with Crippen LogP contribution in [0.4, 0.5) is 10.1 Å². The summed E-state index contributed by atoms with van der Waals surface area (Å²) in [6.45, 7) is 2.34. The molecule has 9 heteroatoms. The summed E-state index contributed by atoms with van der Waals surface area (Å²) < 4.78 is 45.5. The first kappa shape index (κ1) is 21.9. The molecule has 0 saturated carbocycles. The van der Waals surface area contributed by atoms with Gasteiger partial charge < -0.3 is 10.1 Å². The highest BCUT2D eigenvalue weighted by molar-refractivity contribution is 7.89. The van der Waals surface area contributed by atoms with Crippen molar-refractivity contribution >= 4 is 27.6 Å². The molecule has 0 bridgehead atoms. The van der Waals surface area contributed by atoms with E-state index in [0.29, 0.717) is 13.1 Å². The molecule has 2 aromatic carbocycles. The fraction of sp³-hybridized carbons (Fsp3) is 0.333. The van der Waals surface area contributed by atoms with Crippen molar-refractivity contribution < 1.29 is 27.1 Å². The van der Waals surface area contributed by atoms with Gasteiger partial charge in [-0.2, -0.15) is 4.31 Å². The third-order valence-corrected chi connectivity index (χ3v) is 6.74. The lowest BCUT2D eigenvalue weighted by Crippen LogP contribution is -2.35. The Hall–Kier alpha value is -2.78. The molecule has 1 saturated heterocycles. The van der Waals surface area contributed by atoms with Gasteiger partial charge in [-0.25, -0.2) is 17.6 Å². The van der Waals surface area contributed by atoms with E-state index in [1.165, 1.54) is 53.7 Å². The summed E-state index contributed by atoms with van der Waals surface area (Å²) in [5.41, 5.74) is 0.0933. The molecule has 160 valence electrons.